The molecule has 1 amide bonds. The second kappa shape index (κ2) is 10.2. The molecule has 1 fully saturated rings. The average Bonchev–Trinajstić information content (AvgIpc) is 2.94. The van der Waals surface area contributed by atoms with Crippen molar-refractivity contribution in [3.63, 3.8) is 0 Å². The first kappa shape index (κ1) is 23.7. The first-order valence-electron chi connectivity index (χ1n) is 10.7. The van der Waals surface area contributed by atoms with E-state index in [4.69, 9.17) is 51.7 Å². The molecule has 2 heterocycles. The van der Waals surface area contributed by atoms with E-state index >= 15 is 0 Å². The lowest BCUT2D eigenvalue weighted by molar-refractivity contribution is -0.130. The summed E-state index contributed by atoms with van der Waals surface area (Å²) in [6.07, 6.45) is 4.32. The Morgan fingerprint density at radius 3 is 2.22 bits per heavy atom. The Hall–Kier alpha value is -1.50. The van der Waals surface area contributed by atoms with E-state index in [-0.39, 0.29) is 17.9 Å². The third kappa shape index (κ3) is 4.87. The van der Waals surface area contributed by atoms with Crippen LogP contribution in [-0.4, -0.2) is 34.2 Å². The van der Waals surface area contributed by atoms with Crippen LogP contribution in [0.15, 0.2) is 47.6 Å². The number of amides is 1. The monoisotopic (exact) mass is 512 g/mol. The highest BCUT2D eigenvalue weighted by Gasteiger charge is 2.42. The number of anilines is 1. The van der Waals surface area contributed by atoms with Crippen molar-refractivity contribution in [1.29, 1.82) is 0 Å². The van der Waals surface area contributed by atoms with Crippen LogP contribution in [0.25, 0.3) is 0 Å². The van der Waals surface area contributed by atoms with Crippen LogP contribution in [-0.2, 0) is 4.79 Å². The molecule has 32 heavy (non-hydrogen) atoms. The average molecular weight is 514 g/mol. The van der Waals surface area contributed by atoms with Crippen LogP contribution in [0.2, 0.25) is 15.1 Å². The van der Waals surface area contributed by atoms with Crippen molar-refractivity contribution in [1.82, 2.24) is 9.54 Å². The summed E-state index contributed by atoms with van der Waals surface area (Å²) >= 11 is 25.3. The molecule has 170 valence electrons. The Morgan fingerprint density at radius 1 is 0.969 bits per heavy atom. The van der Waals surface area contributed by atoms with E-state index in [0.717, 1.165) is 44.3 Å². The lowest BCUT2D eigenvalue weighted by Gasteiger charge is -2.29. The predicted molar refractivity (Wildman–Crippen MR) is 132 cm³/mol. The van der Waals surface area contributed by atoms with E-state index in [2.05, 4.69) is 0 Å². The van der Waals surface area contributed by atoms with Crippen molar-refractivity contribution in [2.24, 2.45) is 11.0 Å². The first-order valence-corrected chi connectivity index (χ1v) is 12.2. The Balaban J connectivity index is 1.70. The van der Waals surface area contributed by atoms with Crippen molar-refractivity contribution >= 4 is 63.9 Å². The highest BCUT2D eigenvalue weighted by molar-refractivity contribution is 6.46. The lowest BCUT2D eigenvalue weighted by Crippen LogP contribution is -2.44. The standard InChI is InChI=1S/C23H24Cl4N4O/c1-15-21(23(32)31(27)29-12-4-2-3-5-13-29)28-30(20-11-10-18(25)14-19(20)26)22(15)16-6-8-17(24)9-7-16/h6-11,14-15,22H,2-5,12-13H2,1H3/t15-,22-/m1/s1. The second-order valence-corrected chi connectivity index (χ2v) is 9.74. The van der Waals surface area contributed by atoms with E-state index in [0.29, 0.717) is 26.5 Å². The number of carbonyl (C=O) groups is 1. The maximum atomic E-state index is 13.4. The van der Waals surface area contributed by atoms with E-state index in [9.17, 15) is 4.79 Å². The summed E-state index contributed by atoms with van der Waals surface area (Å²) in [6.45, 7) is 3.49. The fourth-order valence-corrected chi connectivity index (χ4v) is 5.14. The zero-order valence-electron chi connectivity index (χ0n) is 17.6. The molecule has 1 saturated heterocycles. The number of rotatable bonds is 4. The number of nitrogens with zero attached hydrogens (tertiary/aromatic N) is 4. The fraction of sp³-hybridized carbons (Fsp3) is 0.391. The molecule has 4 rings (SSSR count). The van der Waals surface area contributed by atoms with Gasteiger partial charge in [0, 0.05) is 40.8 Å². The molecule has 0 aliphatic carbocycles. The van der Waals surface area contributed by atoms with Gasteiger partial charge in [0.1, 0.15) is 5.71 Å². The largest absolute Gasteiger partial charge is 0.299 e. The van der Waals surface area contributed by atoms with Crippen molar-refractivity contribution in [2.75, 3.05) is 18.1 Å². The van der Waals surface area contributed by atoms with Gasteiger partial charge < -0.3 is 0 Å². The summed E-state index contributed by atoms with van der Waals surface area (Å²) in [7, 11) is 0. The van der Waals surface area contributed by atoms with Gasteiger partial charge in [-0.15, -0.1) is 0 Å². The lowest BCUT2D eigenvalue weighted by atomic mass is 9.91. The number of benzene rings is 2. The maximum absolute atomic E-state index is 13.4. The Kier molecular flexibility index (Phi) is 7.53. The van der Waals surface area contributed by atoms with Gasteiger partial charge in [-0.3, -0.25) is 9.80 Å². The van der Waals surface area contributed by atoms with Crippen LogP contribution in [0.1, 0.15) is 44.2 Å². The number of hydrazone groups is 1. The fourth-order valence-electron chi connectivity index (χ4n) is 4.28. The molecule has 2 aliphatic rings. The van der Waals surface area contributed by atoms with Crippen LogP contribution in [0, 0.1) is 5.92 Å². The number of hydrogen-bond donors (Lipinski definition) is 0. The molecule has 5 nitrogen and oxygen atoms in total. The minimum atomic E-state index is -0.312. The van der Waals surface area contributed by atoms with E-state index < -0.39 is 0 Å². The highest BCUT2D eigenvalue weighted by atomic mass is 35.5. The molecule has 2 aliphatic heterocycles. The topological polar surface area (TPSA) is 39.2 Å². The first-order chi connectivity index (χ1) is 15.4. The molecule has 0 aromatic heterocycles. The molecule has 0 N–H and O–H groups in total. The molecule has 2 aromatic rings. The summed E-state index contributed by atoms with van der Waals surface area (Å²) in [5.41, 5.74) is 2.02. The van der Waals surface area contributed by atoms with E-state index in [1.165, 1.54) is 4.53 Å². The third-order valence-corrected chi connectivity index (χ3v) is 7.13. The third-order valence-electron chi connectivity index (χ3n) is 5.97. The maximum Gasteiger partial charge on any atom is 0.299 e. The molecular weight excluding hydrogens is 490 g/mol. The van der Waals surface area contributed by atoms with Crippen LogP contribution in [0.3, 0.4) is 0 Å². The Labute approximate surface area is 208 Å². The molecule has 0 unspecified atom stereocenters. The smallest absolute Gasteiger partial charge is 0.265 e. The number of hydrazine groups is 1. The SMILES string of the molecule is C[C@@H]1C(C(=O)N(Cl)N2CCCCCC2)=NN(c2ccc(Cl)cc2Cl)[C@H]1c1ccc(Cl)cc1. The molecule has 2 aromatic carbocycles. The van der Waals surface area contributed by atoms with Gasteiger partial charge in [0.2, 0.25) is 0 Å². The molecular formula is C23H24Cl4N4O. The van der Waals surface area contributed by atoms with Crippen LogP contribution in [0.4, 0.5) is 5.69 Å². The molecule has 0 radical (unpaired) electrons. The minimum Gasteiger partial charge on any atom is -0.265 e. The van der Waals surface area contributed by atoms with Gasteiger partial charge in [0.25, 0.3) is 5.91 Å². The van der Waals surface area contributed by atoms with Gasteiger partial charge in [-0.2, -0.15) is 9.63 Å². The van der Waals surface area contributed by atoms with Crippen LogP contribution in [0.5, 0.6) is 0 Å². The zero-order chi connectivity index (χ0) is 22.8. The summed E-state index contributed by atoms with van der Waals surface area (Å²) in [4.78, 5) is 13.4. The zero-order valence-corrected chi connectivity index (χ0v) is 20.7. The Morgan fingerprint density at radius 2 is 1.59 bits per heavy atom. The molecule has 9 heteroatoms. The van der Waals surface area contributed by atoms with Gasteiger partial charge in [-0.05, 0) is 48.7 Å². The van der Waals surface area contributed by atoms with E-state index in [1.807, 2.05) is 42.3 Å². The van der Waals surface area contributed by atoms with Gasteiger partial charge >= 0.3 is 0 Å². The number of hydrogen-bond acceptors (Lipinski definition) is 4. The normalized spacial score (nSPS) is 21.9. The number of halogens is 4. The van der Waals surface area contributed by atoms with Gasteiger partial charge in [-0.25, -0.2) is 5.01 Å². The van der Waals surface area contributed by atoms with Crippen LogP contribution >= 0.6 is 46.6 Å². The molecule has 0 saturated carbocycles. The van der Waals surface area contributed by atoms with Gasteiger partial charge in [0.05, 0.1) is 16.8 Å². The summed E-state index contributed by atoms with van der Waals surface area (Å²) in [5.74, 6) is -0.545. The molecule has 2 atom stereocenters. The number of carbonyl (C=O) groups excluding carboxylic acids is 1. The van der Waals surface area contributed by atoms with Crippen LogP contribution < -0.4 is 5.01 Å². The predicted octanol–water partition coefficient (Wildman–Crippen LogP) is 6.97. The van der Waals surface area contributed by atoms with Gasteiger partial charge in [0.15, 0.2) is 0 Å². The van der Waals surface area contributed by atoms with Crippen molar-refractivity contribution < 1.29 is 4.79 Å². The van der Waals surface area contributed by atoms with Crippen molar-refractivity contribution in [3.8, 4) is 0 Å². The molecule has 0 bridgehead atoms. The highest BCUT2D eigenvalue weighted by Crippen LogP contribution is 2.43. The van der Waals surface area contributed by atoms with Crippen molar-refractivity contribution in [2.45, 2.75) is 38.6 Å². The second-order valence-electron chi connectivity index (χ2n) is 8.14. The summed E-state index contributed by atoms with van der Waals surface area (Å²) in [5, 5.41) is 10.0. The van der Waals surface area contributed by atoms with Crippen molar-refractivity contribution in [3.05, 3.63) is 63.1 Å². The quantitative estimate of drug-likeness (QED) is 0.414. The summed E-state index contributed by atoms with van der Waals surface area (Å²) < 4.78 is 1.21. The Bertz CT molecular complexity index is 1010. The molecule has 0 spiro atoms. The van der Waals surface area contributed by atoms with Gasteiger partial charge in [-0.1, -0.05) is 66.7 Å². The minimum absolute atomic E-state index is 0.233. The summed E-state index contributed by atoms with van der Waals surface area (Å²) in [6, 6.07) is 12.5. The van der Waals surface area contributed by atoms with E-state index in [1.54, 1.807) is 17.1 Å².